The van der Waals surface area contributed by atoms with E-state index in [0.29, 0.717) is 5.92 Å². The predicted molar refractivity (Wildman–Crippen MR) is 127 cm³/mol. The van der Waals surface area contributed by atoms with E-state index in [1.54, 1.807) is 0 Å². The molecule has 0 bridgehead atoms. The van der Waals surface area contributed by atoms with E-state index >= 15 is 0 Å². The maximum atomic E-state index is 2.41. The van der Waals surface area contributed by atoms with Crippen LogP contribution in [0.2, 0.25) is 0 Å². The zero-order chi connectivity index (χ0) is 19.9. The molecule has 0 aromatic heterocycles. The monoisotopic (exact) mass is 380 g/mol. The average molecular weight is 381 g/mol. The fourth-order valence-electron chi connectivity index (χ4n) is 4.48. The summed E-state index contributed by atoms with van der Waals surface area (Å²) in [6.45, 7) is 4.70. The molecule has 0 N–H and O–H groups in total. The van der Waals surface area contributed by atoms with Crippen LogP contribution in [0.5, 0.6) is 0 Å². The highest BCUT2D eigenvalue weighted by Gasteiger charge is 2.08. The molecule has 0 spiro atoms. The van der Waals surface area contributed by atoms with Crippen molar-refractivity contribution in [2.75, 3.05) is 0 Å². The van der Waals surface area contributed by atoms with Crippen LogP contribution in [0.15, 0.2) is 42.5 Å². The lowest BCUT2D eigenvalue weighted by Gasteiger charge is -2.14. The molecule has 0 saturated carbocycles. The van der Waals surface area contributed by atoms with Crippen LogP contribution in [0, 0.1) is 0 Å². The predicted octanol–water partition coefficient (Wildman–Crippen LogP) is 9.81. The molecule has 0 radical (unpaired) electrons. The second kappa shape index (κ2) is 14.7. The van der Waals surface area contributed by atoms with Gasteiger partial charge >= 0.3 is 0 Å². The summed E-state index contributed by atoms with van der Waals surface area (Å²) in [6, 6.07) is 15.6. The molecule has 0 amide bonds. The first-order valence-electron chi connectivity index (χ1n) is 12.3. The van der Waals surface area contributed by atoms with Gasteiger partial charge in [0.2, 0.25) is 0 Å². The van der Waals surface area contributed by atoms with Crippen LogP contribution in [0.1, 0.15) is 122 Å². The van der Waals surface area contributed by atoms with Crippen molar-refractivity contribution in [1.82, 2.24) is 0 Å². The Balaban J connectivity index is 1.46. The SMILES string of the molecule is CCCCCCCCCCCCCCCCC(C)c1cccc2ccccc12. The van der Waals surface area contributed by atoms with E-state index in [9.17, 15) is 0 Å². The van der Waals surface area contributed by atoms with Gasteiger partial charge in [-0.3, -0.25) is 0 Å². The molecule has 0 fully saturated rings. The van der Waals surface area contributed by atoms with Gasteiger partial charge in [-0.25, -0.2) is 0 Å². The summed E-state index contributed by atoms with van der Waals surface area (Å²) in [5.74, 6) is 0.670. The summed E-state index contributed by atoms with van der Waals surface area (Å²) < 4.78 is 0. The maximum absolute atomic E-state index is 2.41. The Morgan fingerprint density at radius 1 is 0.571 bits per heavy atom. The van der Waals surface area contributed by atoms with Crippen molar-refractivity contribution >= 4 is 10.8 Å². The first-order valence-corrected chi connectivity index (χ1v) is 12.3. The third kappa shape index (κ3) is 8.80. The van der Waals surface area contributed by atoms with Gasteiger partial charge in [0.05, 0.1) is 0 Å². The number of hydrogen-bond donors (Lipinski definition) is 0. The van der Waals surface area contributed by atoms with Gasteiger partial charge < -0.3 is 0 Å². The largest absolute Gasteiger partial charge is 0.0654 e. The molecule has 0 nitrogen and oxygen atoms in total. The van der Waals surface area contributed by atoms with Gasteiger partial charge in [0.15, 0.2) is 0 Å². The highest BCUT2D eigenvalue weighted by Crippen LogP contribution is 2.29. The molecule has 156 valence electrons. The minimum atomic E-state index is 0.670. The van der Waals surface area contributed by atoms with Crippen LogP contribution in [0.4, 0.5) is 0 Å². The Kier molecular flexibility index (Phi) is 12.0. The molecule has 28 heavy (non-hydrogen) atoms. The molecule has 1 unspecified atom stereocenters. The van der Waals surface area contributed by atoms with Crippen molar-refractivity contribution < 1.29 is 0 Å². The quantitative estimate of drug-likeness (QED) is 0.254. The number of fused-ring (bicyclic) bond motifs is 1. The summed E-state index contributed by atoms with van der Waals surface area (Å²) in [6.07, 6.45) is 21.5. The second-order valence-electron chi connectivity index (χ2n) is 8.85. The van der Waals surface area contributed by atoms with E-state index in [-0.39, 0.29) is 0 Å². The minimum Gasteiger partial charge on any atom is -0.0654 e. The molecular formula is C28H44. The van der Waals surface area contributed by atoms with Gasteiger partial charge in [-0.15, -0.1) is 0 Å². The molecule has 0 heteroatoms. The Morgan fingerprint density at radius 3 is 1.68 bits per heavy atom. The van der Waals surface area contributed by atoms with Crippen molar-refractivity contribution in [1.29, 1.82) is 0 Å². The van der Waals surface area contributed by atoms with Crippen molar-refractivity contribution in [3.8, 4) is 0 Å². The minimum absolute atomic E-state index is 0.670. The topological polar surface area (TPSA) is 0 Å². The van der Waals surface area contributed by atoms with Crippen molar-refractivity contribution in [2.45, 2.75) is 116 Å². The van der Waals surface area contributed by atoms with E-state index in [4.69, 9.17) is 0 Å². The third-order valence-corrected chi connectivity index (χ3v) is 6.34. The Labute approximate surface area is 175 Å². The molecule has 0 aliphatic carbocycles. The first kappa shape index (κ1) is 23.0. The summed E-state index contributed by atoms with van der Waals surface area (Å²) in [5, 5.41) is 2.83. The van der Waals surface area contributed by atoms with Crippen LogP contribution in [0.3, 0.4) is 0 Å². The van der Waals surface area contributed by atoms with Crippen molar-refractivity contribution in [2.24, 2.45) is 0 Å². The number of hydrogen-bond acceptors (Lipinski definition) is 0. The third-order valence-electron chi connectivity index (χ3n) is 6.34. The molecule has 2 aromatic carbocycles. The van der Waals surface area contributed by atoms with E-state index in [2.05, 4.69) is 56.3 Å². The second-order valence-corrected chi connectivity index (χ2v) is 8.85. The first-order chi connectivity index (χ1) is 13.8. The molecule has 0 saturated heterocycles. The Bertz CT molecular complexity index is 621. The molecule has 2 aromatic rings. The summed E-state index contributed by atoms with van der Waals surface area (Å²) in [4.78, 5) is 0. The van der Waals surface area contributed by atoms with Crippen LogP contribution in [-0.4, -0.2) is 0 Å². The fourth-order valence-corrected chi connectivity index (χ4v) is 4.48. The van der Waals surface area contributed by atoms with Crippen molar-refractivity contribution in [3.05, 3.63) is 48.0 Å². The summed E-state index contributed by atoms with van der Waals surface area (Å²) in [7, 11) is 0. The lowest BCUT2D eigenvalue weighted by atomic mass is 9.90. The average Bonchev–Trinajstić information content (AvgIpc) is 2.73. The van der Waals surface area contributed by atoms with E-state index in [0.717, 1.165) is 0 Å². The lowest BCUT2D eigenvalue weighted by Crippen LogP contribution is -1.95. The van der Waals surface area contributed by atoms with Crippen molar-refractivity contribution in [3.63, 3.8) is 0 Å². The molecule has 0 aliphatic rings. The van der Waals surface area contributed by atoms with Gasteiger partial charge in [0, 0.05) is 0 Å². The van der Waals surface area contributed by atoms with Gasteiger partial charge in [-0.2, -0.15) is 0 Å². The summed E-state index contributed by atoms with van der Waals surface area (Å²) in [5.41, 5.74) is 1.53. The van der Waals surface area contributed by atoms with E-state index in [1.165, 1.54) is 113 Å². The van der Waals surface area contributed by atoms with Gasteiger partial charge in [0.25, 0.3) is 0 Å². The number of unbranched alkanes of at least 4 members (excludes halogenated alkanes) is 13. The normalized spacial score (nSPS) is 12.5. The Hall–Kier alpha value is -1.30. The summed E-state index contributed by atoms with van der Waals surface area (Å²) >= 11 is 0. The maximum Gasteiger partial charge on any atom is -0.0149 e. The van der Waals surface area contributed by atoms with E-state index in [1.807, 2.05) is 0 Å². The molecule has 0 heterocycles. The highest BCUT2D eigenvalue weighted by atomic mass is 14.1. The van der Waals surface area contributed by atoms with Gasteiger partial charge in [-0.05, 0) is 28.7 Å². The number of benzene rings is 2. The molecule has 0 aliphatic heterocycles. The number of rotatable bonds is 16. The lowest BCUT2D eigenvalue weighted by molar-refractivity contribution is 0.524. The zero-order valence-corrected chi connectivity index (χ0v) is 18.7. The Morgan fingerprint density at radius 2 is 1.07 bits per heavy atom. The van der Waals surface area contributed by atoms with Crippen LogP contribution in [-0.2, 0) is 0 Å². The van der Waals surface area contributed by atoms with Gasteiger partial charge in [0.1, 0.15) is 0 Å². The van der Waals surface area contributed by atoms with E-state index < -0.39 is 0 Å². The molecule has 1 atom stereocenters. The van der Waals surface area contributed by atoms with Crippen LogP contribution in [0.25, 0.3) is 10.8 Å². The van der Waals surface area contributed by atoms with Crippen LogP contribution < -0.4 is 0 Å². The standard InChI is InChI=1S/C28H44/c1-3-4-5-6-7-8-9-10-11-12-13-14-15-16-20-25(2)27-24-19-22-26-21-17-18-23-28(26)27/h17-19,21-25H,3-16,20H2,1-2H3. The highest BCUT2D eigenvalue weighted by molar-refractivity contribution is 5.86. The molecular weight excluding hydrogens is 336 g/mol. The molecule has 2 rings (SSSR count). The smallest absolute Gasteiger partial charge is 0.0149 e. The zero-order valence-electron chi connectivity index (χ0n) is 18.7. The van der Waals surface area contributed by atoms with Gasteiger partial charge in [-0.1, -0.05) is 146 Å². The fraction of sp³-hybridized carbons (Fsp3) is 0.643. The van der Waals surface area contributed by atoms with Crippen LogP contribution >= 0.6 is 0 Å².